The summed E-state index contributed by atoms with van der Waals surface area (Å²) < 4.78 is 0. The fourth-order valence-corrected chi connectivity index (χ4v) is 2.37. The zero-order valence-electron chi connectivity index (χ0n) is 9.05. The third-order valence-corrected chi connectivity index (χ3v) is 3.08. The predicted octanol–water partition coefficient (Wildman–Crippen LogP) is 3.12. The zero-order valence-corrected chi connectivity index (χ0v) is 9.87. The molecule has 1 unspecified atom stereocenters. The van der Waals surface area contributed by atoms with Crippen LogP contribution in [0.25, 0.3) is 0 Å². The smallest absolute Gasteiger partial charge is 0.0441 e. The molecular weight excluding hydrogens is 190 g/mol. The van der Waals surface area contributed by atoms with Crippen LogP contribution < -0.4 is 5.32 Å². The van der Waals surface area contributed by atoms with Crippen molar-refractivity contribution in [3.8, 4) is 11.8 Å². The van der Waals surface area contributed by atoms with Crippen LogP contribution in [0.15, 0.2) is 10.8 Å². The molecule has 0 aliphatic rings. The molecule has 76 valence electrons. The summed E-state index contributed by atoms with van der Waals surface area (Å²) in [6.45, 7) is 7.18. The van der Waals surface area contributed by atoms with Crippen LogP contribution in [0.3, 0.4) is 0 Å². The summed E-state index contributed by atoms with van der Waals surface area (Å²) in [5.41, 5.74) is 2.78. The van der Waals surface area contributed by atoms with Crippen LogP contribution in [-0.4, -0.2) is 6.54 Å². The van der Waals surface area contributed by atoms with Crippen molar-refractivity contribution < 1.29 is 0 Å². The third kappa shape index (κ3) is 2.87. The highest BCUT2D eigenvalue weighted by Gasteiger charge is 2.11. The van der Waals surface area contributed by atoms with Crippen molar-refractivity contribution in [3.63, 3.8) is 0 Å². The Balaban J connectivity index is 2.75. The number of hydrogen-bond acceptors (Lipinski definition) is 2. The van der Waals surface area contributed by atoms with Gasteiger partial charge in [-0.05, 0) is 42.3 Å². The first kappa shape index (κ1) is 11.3. The van der Waals surface area contributed by atoms with Gasteiger partial charge in [0.15, 0.2) is 0 Å². The molecule has 1 nitrogen and oxygen atoms in total. The van der Waals surface area contributed by atoms with Gasteiger partial charge in [-0.3, -0.25) is 0 Å². The summed E-state index contributed by atoms with van der Waals surface area (Å²) in [5, 5.41) is 7.88. The molecule has 0 bridgehead atoms. The maximum absolute atomic E-state index is 3.46. The first-order chi connectivity index (χ1) is 6.79. The molecule has 1 aromatic rings. The molecule has 0 radical (unpaired) electrons. The van der Waals surface area contributed by atoms with E-state index < -0.39 is 0 Å². The van der Waals surface area contributed by atoms with Crippen molar-refractivity contribution in [2.24, 2.45) is 0 Å². The maximum atomic E-state index is 3.46. The molecule has 0 aliphatic carbocycles. The summed E-state index contributed by atoms with van der Waals surface area (Å²) in [7, 11) is 0. The normalized spacial score (nSPS) is 11.9. The van der Waals surface area contributed by atoms with Crippen LogP contribution in [-0.2, 0) is 0 Å². The zero-order chi connectivity index (χ0) is 10.4. The second-order valence-corrected chi connectivity index (χ2v) is 3.99. The van der Waals surface area contributed by atoms with Crippen molar-refractivity contribution in [2.75, 3.05) is 6.54 Å². The Morgan fingerprint density at radius 1 is 1.50 bits per heavy atom. The van der Waals surface area contributed by atoms with Crippen molar-refractivity contribution >= 4 is 11.3 Å². The molecule has 1 N–H and O–H groups in total. The van der Waals surface area contributed by atoms with Gasteiger partial charge in [0.1, 0.15) is 0 Å². The SMILES string of the molecule is CC#CCC(NCC)c1cscc1C. The molecular formula is C12H17NS. The van der Waals surface area contributed by atoms with Gasteiger partial charge in [-0.15, -0.1) is 11.8 Å². The van der Waals surface area contributed by atoms with Crippen molar-refractivity contribution in [2.45, 2.75) is 33.2 Å². The Bertz CT molecular complexity index is 330. The molecule has 1 atom stereocenters. The van der Waals surface area contributed by atoms with Crippen molar-refractivity contribution in [1.82, 2.24) is 5.32 Å². The molecule has 0 aliphatic heterocycles. The van der Waals surface area contributed by atoms with Crippen molar-refractivity contribution in [3.05, 3.63) is 21.9 Å². The highest BCUT2D eigenvalue weighted by molar-refractivity contribution is 7.08. The minimum atomic E-state index is 0.402. The number of hydrogen-bond donors (Lipinski definition) is 1. The highest BCUT2D eigenvalue weighted by atomic mass is 32.1. The fraction of sp³-hybridized carbons (Fsp3) is 0.500. The predicted molar refractivity (Wildman–Crippen MR) is 63.5 cm³/mol. The minimum Gasteiger partial charge on any atom is -0.309 e. The molecule has 1 rings (SSSR count). The van der Waals surface area contributed by atoms with E-state index in [-0.39, 0.29) is 0 Å². The molecule has 0 saturated heterocycles. The average molecular weight is 207 g/mol. The van der Waals surface area contributed by atoms with Gasteiger partial charge >= 0.3 is 0 Å². The van der Waals surface area contributed by atoms with E-state index in [0.717, 1.165) is 13.0 Å². The number of nitrogens with one attached hydrogen (secondary N) is 1. The monoisotopic (exact) mass is 207 g/mol. The molecule has 0 spiro atoms. The molecule has 0 fully saturated rings. The van der Waals surface area contributed by atoms with Gasteiger partial charge in [-0.2, -0.15) is 11.3 Å². The quantitative estimate of drug-likeness (QED) is 0.748. The Morgan fingerprint density at radius 2 is 2.29 bits per heavy atom. The van der Waals surface area contributed by atoms with Crippen molar-refractivity contribution in [1.29, 1.82) is 0 Å². The van der Waals surface area contributed by atoms with Crippen LogP contribution in [0.5, 0.6) is 0 Å². The summed E-state index contributed by atoms with van der Waals surface area (Å²) >= 11 is 1.77. The molecule has 0 amide bonds. The average Bonchev–Trinajstić information content (AvgIpc) is 2.59. The van der Waals surface area contributed by atoms with Gasteiger partial charge < -0.3 is 5.32 Å². The summed E-state index contributed by atoms with van der Waals surface area (Å²) in [6.07, 6.45) is 0.905. The van der Waals surface area contributed by atoms with Gasteiger partial charge in [0.25, 0.3) is 0 Å². The van der Waals surface area contributed by atoms with E-state index in [1.807, 2.05) is 6.92 Å². The van der Waals surface area contributed by atoms with Crippen LogP contribution in [0.2, 0.25) is 0 Å². The summed E-state index contributed by atoms with van der Waals surface area (Å²) in [4.78, 5) is 0. The van der Waals surface area contributed by atoms with Crippen LogP contribution >= 0.6 is 11.3 Å². The number of thiophene rings is 1. The maximum Gasteiger partial charge on any atom is 0.0441 e. The lowest BCUT2D eigenvalue weighted by Crippen LogP contribution is -2.20. The standard InChI is InChI=1S/C12H17NS/c1-4-6-7-12(13-5-2)11-9-14-8-10(11)3/h8-9,12-13H,5,7H2,1-3H3. The Hall–Kier alpha value is -0.780. The molecule has 0 aromatic carbocycles. The van der Waals surface area contributed by atoms with Gasteiger partial charge in [0.05, 0.1) is 0 Å². The third-order valence-electron chi connectivity index (χ3n) is 2.20. The van der Waals surface area contributed by atoms with Gasteiger partial charge in [0.2, 0.25) is 0 Å². The second kappa shape index (κ2) is 5.85. The van der Waals surface area contributed by atoms with Gasteiger partial charge in [-0.1, -0.05) is 6.92 Å². The van der Waals surface area contributed by atoms with Crippen LogP contribution in [0, 0.1) is 18.8 Å². The second-order valence-electron chi connectivity index (χ2n) is 3.25. The van der Waals surface area contributed by atoms with E-state index >= 15 is 0 Å². The molecule has 14 heavy (non-hydrogen) atoms. The number of aryl methyl sites for hydroxylation is 1. The summed E-state index contributed by atoms with van der Waals surface area (Å²) in [5.74, 6) is 6.09. The van der Waals surface area contributed by atoms with E-state index in [1.54, 1.807) is 11.3 Å². The van der Waals surface area contributed by atoms with E-state index in [1.165, 1.54) is 11.1 Å². The lowest BCUT2D eigenvalue weighted by atomic mass is 10.0. The van der Waals surface area contributed by atoms with E-state index in [0.29, 0.717) is 6.04 Å². The van der Waals surface area contributed by atoms with E-state index in [4.69, 9.17) is 0 Å². The minimum absolute atomic E-state index is 0.402. The molecule has 1 heterocycles. The lowest BCUT2D eigenvalue weighted by Gasteiger charge is -2.14. The molecule has 1 aromatic heterocycles. The first-order valence-corrected chi connectivity index (χ1v) is 5.89. The Labute approximate surface area is 90.5 Å². The Morgan fingerprint density at radius 3 is 2.79 bits per heavy atom. The van der Waals surface area contributed by atoms with Crippen LogP contribution in [0.4, 0.5) is 0 Å². The number of rotatable bonds is 4. The van der Waals surface area contributed by atoms with E-state index in [2.05, 4.69) is 41.8 Å². The Kier molecular flexibility index (Phi) is 4.72. The van der Waals surface area contributed by atoms with E-state index in [9.17, 15) is 0 Å². The van der Waals surface area contributed by atoms with Gasteiger partial charge in [0, 0.05) is 12.5 Å². The topological polar surface area (TPSA) is 12.0 Å². The fourth-order valence-electron chi connectivity index (χ4n) is 1.47. The molecule has 2 heteroatoms. The largest absolute Gasteiger partial charge is 0.309 e. The van der Waals surface area contributed by atoms with Crippen LogP contribution in [0.1, 0.15) is 37.4 Å². The lowest BCUT2D eigenvalue weighted by molar-refractivity contribution is 0.564. The highest BCUT2D eigenvalue weighted by Crippen LogP contribution is 2.23. The van der Waals surface area contributed by atoms with Gasteiger partial charge in [-0.25, -0.2) is 0 Å². The molecule has 0 saturated carbocycles. The first-order valence-electron chi connectivity index (χ1n) is 4.95. The summed E-state index contributed by atoms with van der Waals surface area (Å²) in [6, 6.07) is 0.402.